The van der Waals surface area contributed by atoms with E-state index in [1.54, 1.807) is 0 Å². The highest BCUT2D eigenvalue weighted by Gasteiger charge is 2.17. The molecular weight excluding hydrogens is 248 g/mol. The van der Waals surface area contributed by atoms with Crippen molar-refractivity contribution < 1.29 is 0 Å². The number of aromatic nitrogens is 2. The highest BCUT2D eigenvalue weighted by atomic mass is 15.2. The number of anilines is 1. The van der Waals surface area contributed by atoms with Crippen molar-refractivity contribution in [3.8, 4) is 0 Å². The minimum Gasteiger partial charge on any atom is -0.358 e. The third kappa shape index (κ3) is 2.75. The highest BCUT2D eigenvalue weighted by Crippen LogP contribution is 2.21. The summed E-state index contributed by atoms with van der Waals surface area (Å²) in [7, 11) is 2.13. The van der Waals surface area contributed by atoms with Gasteiger partial charge < -0.3 is 10.2 Å². The minimum absolute atomic E-state index is 0.758. The number of piperidine rings is 1. The van der Waals surface area contributed by atoms with Gasteiger partial charge >= 0.3 is 0 Å². The molecule has 0 unspecified atom stereocenters. The number of fused-ring (bicyclic) bond motifs is 1. The summed E-state index contributed by atoms with van der Waals surface area (Å²) in [6.45, 7) is 5.39. The molecule has 1 aromatic heterocycles. The number of hydrogen-bond donors (Lipinski definition) is 1. The summed E-state index contributed by atoms with van der Waals surface area (Å²) in [6, 6.07) is 8.08. The van der Waals surface area contributed by atoms with Crippen molar-refractivity contribution in [1.29, 1.82) is 0 Å². The first-order valence-corrected chi connectivity index (χ1v) is 7.39. The first-order valence-electron chi connectivity index (χ1n) is 7.39. The molecule has 0 aliphatic carbocycles. The van der Waals surface area contributed by atoms with Crippen LogP contribution < -0.4 is 10.2 Å². The zero-order valence-electron chi connectivity index (χ0n) is 12.3. The van der Waals surface area contributed by atoms with Crippen LogP contribution in [0.2, 0.25) is 0 Å². The van der Waals surface area contributed by atoms with Crippen molar-refractivity contribution in [2.75, 3.05) is 31.6 Å². The van der Waals surface area contributed by atoms with E-state index in [0.717, 1.165) is 48.1 Å². The molecule has 106 valence electrons. The van der Waals surface area contributed by atoms with Crippen molar-refractivity contribution in [2.24, 2.45) is 5.92 Å². The first-order chi connectivity index (χ1) is 9.74. The zero-order chi connectivity index (χ0) is 13.9. The van der Waals surface area contributed by atoms with E-state index in [1.165, 1.54) is 12.8 Å². The van der Waals surface area contributed by atoms with Crippen LogP contribution in [0.15, 0.2) is 24.3 Å². The monoisotopic (exact) mass is 270 g/mol. The van der Waals surface area contributed by atoms with Gasteiger partial charge in [0.1, 0.15) is 0 Å². The van der Waals surface area contributed by atoms with Crippen molar-refractivity contribution in [1.82, 2.24) is 15.3 Å². The van der Waals surface area contributed by atoms with Gasteiger partial charge in [0.05, 0.1) is 16.7 Å². The van der Waals surface area contributed by atoms with E-state index in [-0.39, 0.29) is 0 Å². The van der Waals surface area contributed by atoms with Gasteiger partial charge in [-0.05, 0) is 50.9 Å². The predicted octanol–water partition coefficient (Wildman–Crippen LogP) is 2.37. The number of aryl methyl sites for hydroxylation is 1. The maximum absolute atomic E-state index is 4.79. The van der Waals surface area contributed by atoms with Crippen molar-refractivity contribution in [3.63, 3.8) is 0 Å². The Bertz CT molecular complexity index is 590. The second kappa shape index (κ2) is 5.75. The van der Waals surface area contributed by atoms with Crippen LogP contribution in [0.25, 0.3) is 11.0 Å². The SMILES string of the molecule is Cc1nc2ccccc2nc1N(C)CC1CCNCC1. The lowest BCUT2D eigenvalue weighted by Crippen LogP contribution is -2.35. The summed E-state index contributed by atoms with van der Waals surface area (Å²) in [5.74, 6) is 1.77. The Labute approximate surface area is 120 Å². The van der Waals surface area contributed by atoms with E-state index in [0.29, 0.717) is 0 Å². The molecule has 1 saturated heterocycles. The number of para-hydroxylation sites is 2. The maximum Gasteiger partial charge on any atom is 0.150 e. The van der Waals surface area contributed by atoms with Crippen LogP contribution in [0, 0.1) is 12.8 Å². The Hall–Kier alpha value is -1.68. The second-order valence-electron chi connectivity index (χ2n) is 5.70. The Balaban J connectivity index is 1.82. The van der Waals surface area contributed by atoms with Crippen LogP contribution in [0.4, 0.5) is 5.82 Å². The molecule has 1 N–H and O–H groups in total. The molecule has 0 atom stereocenters. The van der Waals surface area contributed by atoms with Gasteiger partial charge in [0.25, 0.3) is 0 Å². The number of nitrogens with one attached hydrogen (secondary N) is 1. The molecule has 3 rings (SSSR count). The van der Waals surface area contributed by atoms with E-state index < -0.39 is 0 Å². The Kier molecular flexibility index (Phi) is 3.83. The standard InChI is InChI=1S/C16H22N4/c1-12-16(19-15-6-4-3-5-14(15)18-12)20(2)11-13-7-9-17-10-8-13/h3-6,13,17H,7-11H2,1-2H3. The Morgan fingerprint density at radius 2 is 1.80 bits per heavy atom. The van der Waals surface area contributed by atoms with Gasteiger partial charge in [0.15, 0.2) is 5.82 Å². The average Bonchev–Trinajstić information content (AvgIpc) is 2.47. The van der Waals surface area contributed by atoms with E-state index in [4.69, 9.17) is 4.98 Å². The van der Waals surface area contributed by atoms with Crippen molar-refractivity contribution in [2.45, 2.75) is 19.8 Å². The summed E-state index contributed by atoms with van der Waals surface area (Å²) in [5, 5.41) is 3.42. The summed E-state index contributed by atoms with van der Waals surface area (Å²) >= 11 is 0. The third-order valence-electron chi connectivity index (χ3n) is 4.07. The average molecular weight is 270 g/mol. The number of rotatable bonds is 3. The lowest BCUT2D eigenvalue weighted by molar-refractivity contribution is 0.377. The fraction of sp³-hybridized carbons (Fsp3) is 0.500. The Morgan fingerprint density at radius 1 is 1.15 bits per heavy atom. The van der Waals surface area contributed by atoms with Gasteiger partial charge in [0.2, 0.25) is 0 Å². The van der Waals surface area contributed by atoms with Gasteiger partial charge in [-0.3, -0.25) is 0 Å². The number of hydrogen-bond acceptors (Lipinski definition) is 4. The van der Waals surface area contributed by atoms with Crippen LogP contribution in [0.1, 0.15) is 18.5 Å². The van der Waals surface area contributed by atoms with Crippen LogP contribution >= 0.6 is 0 Å². The molecule has 2 heterocycles. The molecule has 4 nitrogen and oxygen atoms in total. The lowest BCUT2D eigenvalue weighted by atomic mass is 9.98. The van der Waals surface area contributed by atoms with Crippen LogP contribution in [-0.2, 0) is 0 Å². The molecule has 2 aromatic rings. The molecule has 1 aliphatic heterocycles. The summed E-state index contributed by atoms with van der Waals surface area (Å²) < 4.78 is 0. The van der Waals surface area contributed by atoms with Gasteiger partial charge in [0, 0.05) is 13.6 Å². The summed E-state index contributed by atoms with van der Waals surface area (Å²) in [6.07, 6.45) is 2.51. The van der Waals surface area contributed by atoms with E-state index in [2.05, 4.69) is 22.2 Å². The maximum atomic E-state index is 4.79. The van der Waals surface area contributed by atoms with Crippen molar-refractivity contribution in [3.05, 3.63) is 30.0 Å². The van der Waals surface area contributed by atoms with Gasteiger partial charge in [-0.2, -0.15) is 0 Å². The van der Waals surface area contributed by atoms with E-state index in [9.17, 15) is 0 Å². The molecule has 0 saturated carbocycles. The first kappa shape index (κ1) is 13.3. The molecule has 0 radical (unpaired) electrons. The molecule has 1 fully saturated rings. The summed E-state index contributed by atoms with van der Waals surface area (Å²) in [4.78, 5) is 11.7. The minimum atomic E-state index is 0.758. The van der Waals surface area contributed by atoms with Gasteiger partial charge in [-0.1, -0.05) is 12.1 Å². The smallest absolute Gasteiger partial charge is 0.150 e. The highest BCUT2D eigenvalue weighted by molar-refractivity contribution is 5.76. The largest absolute Gasteiger partial charge is 0.358 e. The molecule has 0 bridgehead atoms. The van der Waals surface area contributed by atoms with Crippen molar-refractivity contribution >= 4 is 16.9 Å². The van der Waals surface area contributed by atoms with Gasteiger partial charge in [-0.15, -0.1) is 0 Å². The number of nitrogens with zero attached hydrogens (tertiary/aromatic N) is 3. The molecule has 20 heavy (non-hydrogen) atoms. The fourth-order valence-corrected chi connectivity index (χ4v) is 2.98. The topological polar surface area (TPSA) is 41.1 Å². The third-order valence-corrected chi connectivity index (χ3v) is 4.07. The van der Waals surface area contributed by atoms with Crippen LogP contribution in [-0.4, -0.2) is 36.6 Å². The molecule has 1 aliphatic rings. The van der Waals surface area contributed by atoms with Crippen LogP contribution in [0.3, 0.4) is 0 Å². The molecule has 1 aromatic carbocycles. The lowest BCUT2D eigenvalue weighted by Gasteiger charge is -2.28. The molecule has 4 heteroatoms. The van der Waals surface area contributed by atoms with Gasteiger partial charge in [-0.25, -0.2) is 9.97 Å². The quantitative estimate of drug-likeness (QED) is 0.929. The van der Waals surface area contributed by atoms with E-state index in [1.807, 2.05) is 31.2 Å². The second-order valence-corrected chi connectivity index (χ2v) is 5.70. The summed E-state index contributed by atoms with van der Waals surface area (Å²) in [5.41, 5.74) is 2.97. The normalized spacial score (nSPS) is 16.5. The fourth-order valence-electron chi connectivity index (χ4n) is 2.98. The molecule has 0 spiro atoms. The number of benzene rings is 1. The molecule has 0 amide bonds. The molecular formula is C16H22N4. The zero-order valence-corrected chi connectivity index (χ0v) is 12.3. The van der Waals surface area contributed by atoms with E-state index >= 15 is 0 Å². The predicted molar refractivity (Wildman–Crippen MR) is 83.1 cm³/mol. The van der Waals surface area contributed by atoms with Crippen LogP contribution in [0.5, 0.6) is 0 Å². The Morgan fingerprint density at radius 3 is 2.50 bits per heavy atom.